The van der Waals surface area contributed by atoms with Crippen LogP contribution in [-0.2, 0) is 6.54 Å². The van der Waals surface area contributed by atoms with Crippen LogP contribution in [0, 0.1) is 3.57 Å². The number of nitrogens with one attached hydrogen (secondary N) is 2. The van der Waals surface area contributed by atoms with E-state index in [0.29, 0.717) is 6.54 Å². The SMILES string of the molecule is O=C(NCc1ccc2[nH]ccc2c1)c1ccccc1I. The lowest BCUT2D eigenvalue weighted by Crippen LogP contribution is -2.23. The zero-order valence-corrected chi connectivity index (χ0v) is 12.8. The van der Waals surface area contributed by atoms with Gasteiger partial charge in [-0.2, -0.15) is 0 Å². The van der Waals surface area contributed by atoms with Gasteiger partial charge in [0.05, 0.1) is 5.56 Å². The van der Waals surface area contributed by atoms with Gasteiger partial charge in [0.25, 0.3) is 5.91 Å². The van der Waals surface area contributed by atoms with Gasteiger partial charge in [-0.25, -0.2) is 0 Å². The van der Waals surface area contributed by atoms with Crippen LogP contribution in [0.2, 0.25) is 0 Å². The van der Waals surface area contributed by atoms with Crippen LogP contribution in [0.15, 0.2) is 54.7 Å². The number of aromatic nitrogens is 1. The Labute approximate surface area is 130 Å². The number of halogens is 1. The Morgan fingerprint density at radius 3 is 2.85 bits per heavy atom. The minimum absolute atomic E-state index is 0.0378. The number of carbonyl (C=O) groups is 1. The number of hydrogen-bond donors (Lipinski definition) is 2. The molecule has 1 aromatic heterocycles. The van der Waals surface area contributed by atoms with Crippen LogP contribution in [0.5, 0.6) is 0 Å². The molecule has 0 saturated heterocycles. The van der Waals surface area contributed by atoms with E-state index < -0.39 is 0 Å². The number of aromatic amines is 1. The molecule has 0 aliphatic heterocycles. The molecule has 0 spiro atoms. The van der Waals surface area contributed by atoms with Crippen molar-refractivity contribution in [2.45, 2.75) is 6.54 Å². The van der Waals surface area contributed by atoms with E-state index in [-0.39, 0.29) is 5.91 Å². The molecule has 0 bridgehead atoms. The number of amides is 1. The monoisotopic (exact) mass is 376 g/mol. The largest absolute Gasteiger partial charge is 0.361 e. The summed E-state index contributed by atoms with van der Waals surface area (Å²) < 4.78 is 0.962. The molecular weight excluding hydrogens is 363 g/mol. The van der Waals surface area contributed by atoms with Crippen molar-refractivity contribution in [1.82, 2.24) is 10.3 Å². The van der Waals surface area contributed by atoms with Crippen LogP contribution >= 0.6 is 22.6 Å². The van der Waals surface area contributed by atoms with Crippen LogP contribution < -0.4 is 5.32 Å². The predicted octanol–water partition coefficient (Wildman–Crippen LogP) is 3.70. The summed E-state index contributed by atoms with van der Waals surface area (Å²) in [5, 5.41) is 4.12. The van der Waals surface area contributed by atoms with Gasteiger partial charge in [-0.1, -0.05) is 18.2 Å². The molecular formula is C16H13IN2O. The minimum Gasteiger partial charge on any atom is -0.361 e. The zero-order chi connectivity index (χ0) is 13.9. The lowest BCUT2D eigenvalue weighted by atomic mass is 10.1. The quantitative estimate of drug-likeness (QED) is 0.673. The van der Waals surface area contributed by atoms with Crippen LogP contribution in [0.3, 0.4) is 0 Å². The highest BCUT2D eigenvalue weighted by Crippen LogP contribution is 2.15. The summed E-state index contributed by atoms with van der Waals surface area (Å²) in [4.78, 5) is 15.3. The first-order chi connectivity index (χ1) is 9.74. The number of fused-ring (bicyclic) bond motifs is 1. The van der Waals surface area contributed by atoms with Crippen LogP contribution in [0.25, 0.3) is 10.9 Å². The van der Waals surface area contributed by atoms with Crippen molar-refractivity contribution in [2.24, 2.45) is 0 Å². The van der Waals surface area contributed by atoms with Gasteiger partial charge in [-0.3, -0.25) is 4.79 Å². The maximum absolute atomic E-state index is 12.1. The van der Waals surface area contributed by atoms with E-state index in [1.54, 1.807) is 0 Å². The maximum atomic E-state index is 12.1. The van der Waals surface area contributed by atoms with Crippen LogP contribution in [0.4, 0.5) is 0 Å². The standard InChI is InChI=1S/C16H13IN2O/c17-14-4-2-1-3-13(14)16(20)19-10-11-5-6-15-12(9-11)7-8-18-15/h1-9,18H,10H2,(H,19,20). The molecule has 0 atom stereocenters. The Kier molecular flexibility index (Phi) is 3.73. The fourth-order valence-corrected chi connectivity index (χ4v) is 2.77. The molecule has 3 aromatic rings. The molecule has 1 heterocycles. The molecule has 20 heavy (non-hydrogen) atoms. The molecule has 100 valence electrons. The fourth-order valence-electron chi connectivity index (χ4n) is 2.14. The highest BCUT2D eigenvalue weighted by Gasteiger charge is 2.08. The Morgan fingerprint density at radius 2 is 2.00 bits per heavy atom. The number of hydrogen-bond acceptors (Lipinski definition) is 1. The van der Waals surface area contributed by atoms with Gasteiger partial charge in [0, 0.05) is 21.8 Å². The Bertz CT molecular complexity index is 764. The van der Waals surface area contributed by atoms with E-state index in [1.165, 1.54) is 0 Å². The van der Waals surface area contributed by atoms with Gasteiger partial charge in [-0.05, 0) is 63.9 Å². The molecule has 4 heteroatoms. The Morgan fingerprint density at radius 1 is 1.15 bits per heavy atom. The average Bonchev–Trinajstić information content (AvgIpc) is 2.92. The van der Waals surface area contributed by atoms with Gasteiger partial charge in [-0.15, -0.1) is 0 Å². The topological polar surface area (TPSA) is 44.9 Å². The zero-order valence-electron chi connectivity index (χ0n) is 10.7. The summed E-state index contributed by atoms with van der Waals surface area (Å²) in [6, 6.07) is 15.7. The third-order valence-corrected chi connectivity index (χ3v) is 4.13. The van der Waals surface area contributed by atoms with Gasteiger partial charge in [0.15, 0.2) is 0 Å². The second-order valence-electron chi connectivity index (χ2n) is 4.56. The first kappa shape index (κ1) is 13.2. The molecule has 0 saturated carbocycles. The van der Waals surface area contributed by atoms with Crippen molar-refractivity contribution in [3.63, 3.8) is 0 Å². The minimum atomic E-state index is -0.0378. The summed E-state index contributed by atoms with van der Waals surface area (Å²) in [6.45, 7) is 0.533. The first-order valence-electron chi connectivity index (χ1n) is 6.33. The predicted molar refractivity (Wildman–Crippen MR) is 88.6 cm³/mol. The second kappa shape index (κ2) is 5.66. The van der Waals surface area contributed by atoms with E-state index in [2.05, 4.69) is 39.0 Å². The Balaban J connectivity index is 1.73. The molecule has 0 fully saturated rings. The van der Waals surface area contributed by atoms with E-state index in [1.807, 2.05) is 48.7 Å². The average molecular weight is 376 g/mol. The third-order valence-electron chi connectivity index (χ3n) is 3.19. The van der Waals surface area contributed by atoms with Crippen molar-refractivity contribution >= 4 is 39.4 Å². The number of H-pyrrole nitrogens is 1. The van der Waals surface area contributed by atoms with Crippen molar-refractivity contribution in [1.29, 1.82) is 0 Å². The Hall–Kier alpha value is -1.82. The molecule has 3 rings (SSSR count). The van der Waals surface area contributed by atoms with E-state index >= 15 is 0 Å². The highest BCUT2D eigenvalue weighted by molar-refractivity contribution is 14.1. The molecule has 1 amide bonds. The van der Waals surface area contributed by atoms with Gasteiger partial charge < -0.3 is 10.3 Å². The molecule has 2 N–H and O–H groups in total. The van der Waals surface area contributed by atoms with E-state index in [0.717, 1.165) is 25.6 Å². The van der Waals surface area contributed by atoms with Crippen LogP contribution in [-0.4, -0.2) is 10.9 Å². The fraction of sp³-hybridized carbons (Fsp3) is 0.0625. The van der Waals surface area contributed by atoms with Crippen molar-refractivity contribution < 1.29 is 4.79 Å². The summed E-state index contributed by atoms with van der Waals surface area (Å²) >= 11 is 2.18. The van der Waals surface area contributed by atoms with E-state index in [9.17, 15) is 4.79 Å². The summed E-state index contributed by atoms with van der Waals surface area (Å²) in [5.74, 6) is -0.0378. The number of carbonyl (C=O) groups excluding carboxylic acids is 1. The normalized spacial score (nSPS) is 10.7. The molecule has 0 radical (unpaired) electrons. The van der Waals surface area contributed by atoms with Crippen molar-refractivity contribution in [2.75, 3.05) is 0 Å². The van der Waals surface area contributed by atoms with E-state index in [4.69, 9.17) is 0 Å². The smallest absolute Gasteiger partial charge is 0.252 e. The van der Waals surface area contributed by atoms with Gasteiger partial charge >= 0.3 is 0 Å². The van der Waals surface area contributed by atoms with Crippen LogP contribution in [0.1, 0.15) is 15.9 Å². The summed E-state index contributed by atoms with van der Waals surface area (Å²) in [5.41, 5.74) is 2.92. The van der Waals surface area contributed by atoms with Crippen molar-refractivity contribution in [3.8, 4) is 0 Å². The van der Waals surface area contributed by atoms with Gasteiger partial charge in [0.2, 0.25) is 0 Å². The molecule has 2 aromatic carbocycles. The molecule has 0 unspecified atom stereocenters. The molecule has 0 aliphatic carbocycles. The lowest BCUT2D eigenvalue weighted by Gasteiger charge is -2.07. The summed E-state index contributed by atoms with van der Waals surface area (Å²) in [7, 11) is 0. The summed E-state index contributed by atoms with van der Waals surface area (Å²) in [6.07, 6.45) is 1.92. The van der Waals surface area contributed by atoms with Gasteiger partial charge in [0.1, 0.15) is 0 Å². The molecule has 0 aliphatic rings. The van der Waals surface area contributed by atoms with Crippen molar-refractivity contribution in [3.05, 3.63) is 69.4 Å². The maximum Gasteiger partial charge on any atom is 0.252 e. The first-order valence-corrected chi connectivity index (χ1v) is 7.41. The second-order valence-corrected chi connectivity index (χ2v) is 5.72. The molecule has 3 nitrogen and oxygen atoms in total. The number of rotatable bonds is 3. The highest BCUT2D eigenvalue weighted by atomic mass is 127. The lowest BCUT2D eigenvalue weighted by molar-refractivity contribution is 0.0950. The number of benzene rings is 2. The third kappa shape index (κ3) is 2.70.